The van der Waals surface area contributed by atoms with Gasteiger partial charge in [0.25, 0.3) is 0 Å². The number of carbonyl (C=O) groups excluding carboxylic acids is 1. The molecule has 0 aliphatic rings. The van der Waals surface area contributed by atoms with Crippen LogP contribution in [0.4, 0.5) is 0 Å². The lowest BCUT2D eigenvalue weighted by Crippen LogP contribution is -2.39. The van der Waals surface area contributed by atoms with Crippen LogP contribution in [0.3, 0.4) is 0 Å². The first-order valence-electron chi connectivity index (χ1n) is 11.4. The van der Waals surface area contributed by atoms with E-state index < -0.39 is 0 Å². The smallest absolute Gasteiger partial charge is 0.220 e. The number of hydrogen-bond donors (Lipinski definition) is 1. The highest BCUT2D eigenvalue weighted by atomic mass is 16.1. The van der Waals surface area contributed by atoms with Gasteiger partial charge in [-0.1, -0.05) is 98.3 Å². The lowest BCUT2D eigenvalue weighted by atomic mass is 10.0. The summed E-state index contributed by atoms with van der Waals surface area (Å²) in [5.41, 5.74) is 0. The van der Waals surface area contributed by atoms with Crippen molar-refractivity contribution in [3.63, 3.8) is 0 Å². The maximum atomic E-state index is 11.8. The maximum absolute atomic E-state index is 11.8. The van der Waals surface area contributed by atoms with Gasteiger partial charge in [0.15, 0.2) is 0 Å². The van der Waals surface area contributed by atoms with Gasteiger partial charge in [0, 0.05) is 19.0 Å². The highest BCUT2D eigenvalue weighted by Gasteiger charge is 2.07. The molecule has 0 radical (unpaired) electrons. The van der Waals surface area contributed by atoms with E-state index in [1.807, 2.05) is 14.1 Å². The van der Waals surface area contributed by atoms with Crippen LogP contribution < -0.4 is 5.32 Å². The summed E-state index contributed by atoms with van der Waals surface area (Å²) < 4.78 is 0. The van der Waals surface area contributed by atoms with E-state index in [1.54, 1.807) is 0 Å². The summed E-state index contributed by atoms with van der Waals surface area (Å²) >= 11 is 0. The molecule has 3 nitrogen and oxygen atoms in total. The van der Waals surface area contributed by atoms with Crippen molar-refractivity contribution in [3.05, 3.63) is 0 Å². The summed E-state index contributed by atoms with van der Waals surface area (Å²) in [5.74, 6) is 1.09. The third-order valence-electron chi connectivity index (χ3n) is 4.98. The fourth-order valence-electron chi connectivity index (χ4n) is 3.55. The van der Waals surface area contributed by atoms with Crippen LogP contribution in [-0.2, 0) is 4.79 Å². The van der Waals surface area contributed by atoms with Gasteiger partial charge in [-0.25, -0.2) is 0 Å². The number of nitrogens with one attached hydrogen (secondary N) is 1. The Bertz CT molecular complexity index is 316. The van der Waals surface area contributed by atoms with Gasteiger partial charge < -0.3 is 10.2 Å². The SMILES string of the molecule is C.CC(C)CCCCCCCCCCCCCCC(=O)NC(C)CN(C)C. The standard InChI is InChI=1S/C23H48N2O.CH4/c1-21(2)18-16-14-12-10-8-6-7-9-11-13-15-17-19-23(26)24-22(3)20-25(4)5;/h21-22H,6-20H2,1-5H3,(H,24,26);1H4. The second-order valence-electron chi connectivity index (χ2n) is 8.91. The molecule has 0 aliphatic heterocycles. The predicted molar refractivity (Wildman–Crippen MR) is 122 cm³/mol. The zero-order valence-electron chi connectivity index (χ0n) is 18.6. The van der Waals surface area contributed by atoms with Crippen molar-refractivity contribution in [3.8, 4) is 0 Å². The molecule has 1 N–H and O–H groups in total. The molecule has 0 bridgehead atoms. The summed E-state index contributed by atoms with van der Waals surface area (Å²) in [7, 11) is 4.08. The molecule has 0 saturated heterocycles. The molecule has 0 fully saturated rings. The number of nitrogens with zero attached hydrogens (tertiary/aromatic N) is 1. The van der Waals surface area contributed by atoms with Crippen LogP contribution >= 0.6 is 0 Å². The lowest BCUT2D eigenvalue weighted by molar-refractivity contribution is -0.121. The van der Waals surface area contributed by atoms with Crippen LogP contribution in [0.15, 0.2) is 0 Å². The molecule has 0 saturated carbocycles. The highest BCUT2D eigenvalue weighted by molar-refractivity contribution is 5.76. The van der Waals surface area contributed by atoms with Crippen LogP contribution in [0.25, 0.3) is 0 Å². The van der Waals surface area contributed by atoms with E-state index in [0.717, 1.165) is 18.9 Å². The van der Waals surface area contributed by atoms with Gasteiger partial charge in [0.05, 0.1) is 0 Å². The minimum atomic E-state index is 0. The predicted octanol–water partition coefficient (Wildman–Crippen LogP) is 6.81. The van der Waals surface area contributed by atoms with Gasteiger partial charge in [-0.15, -0.1) is 0 Å². The fraction of sp³-hybridized carbons (Fsp3) is 0.958. The van der Waals surface area contributed by atoms with E-state index in [-0.39, 0.29) is 19.4 Å². The molecule has 164 valence electrons. The van der Waals surface area contributed by atoms with E-state index in [9.17, 15) is 4.79 Å². The number of likely N-dealkylation sites (N-methyl/N-ethyl adjacent to an activating group) is 1. The molecule has 1 atom stereocenters. The second-order valence-corrected chi connectivity index (χ2v) is 8.91. The summed E-state index contributed by atoms with van der Waals surface area (Å²) in [6.45, 7) is 7.62. The Morgan fingerprint density at radius 3 is 1.56 bits per heavy atom. The zero-order chi connectivity index (χ0) is 19.6. The molecule has 0 rings (SSSR count). The quantitative estimate of drug-likeness (QED) is 0.263. The summed E-state index contributed by atoms with van der Waals surface area (Å²) in [6, 6.07) is 0.243. The molecule has 1 unspecified atom stereocenters. The molecule has 0 aromatic carbocycles. The van der Waals surface area contributed by atoms with Crippen molar-refractivity contribution in [2.75, 3.05) is 20.6 Å². The van der Waals surface area contributed by atoms with Gasteiger partial charge >= 0.3 is 0 Å². The van der Waals surface area contributed by atoms with Crippen LogP contribution in [0.2, 0.25) is 0 Å². The lowest BCUT2D eigenvalue weighted by Gasteiger charge is -2.18. The van der Waals surface area contributed by atoms with Crippen LogP contribution in [0.5, 0.6) is 0 Å². The first-order chi connectivity index (χ1) is 12.4. The molecular formula is C24H52N2O. The van der Waals surface area contributed by atoms with Crippen molar-refractivity contribution >= 4 is 5.91 Å². The van der Waals surface area contributed by atoms with Crippen molar-refractivity contribution in [1.82, 2.24) is 10.2 Å². The topological polar surface area (TPSA) is 32.3 Å². The average Bonchev–Trinajstić information content (AvgIpc) is 2.53. The molecule has 0 heterocycles. The van der Waals surface area contributed by atoms with E-state index in [0.29, 0.717) is 6.42 Å². The Kier molecular flexibility index (Phi) is 21.4. The van der Waals surface area contributed by atoms with Crippen molar-refractivity contribution in [1.29, 1.82) is 0 Å². The summed E-state index contributed by atoms with van der Waals surface area (Å²) in [6.07, 6.45) is 18.3. The van der Waals surface area contributed by atoms with Gasteiger partial charge in [0.1, 0.15) is 0 Å². The normalized spacial score (nSPS) is 12.3. The minimum Gasteiger partial charge on any atom is -0.352 e. The van der Waals surface area contributed by atoms with Gasteiger partial charge in [0.2, 0.25) is 5.91 Å². The third-order valence-corrected chi connectivity index (χ3v) is 4.98. The molecule has 0 spiro atoms. The molecule has 1 amide bonds. The monoisotopic (exact) mass is 384 g/mol. The average molecular weight is 385 g/mol. The Hall–Kier alpha value is -0.570. The van der Waals surface area contributed by atoms with Gasteiger partial charge in [-0.2, -0.15) is 0 Å². The number of rotatable bonds is 18. The van der Waals surface area contributed by atoms with Crippen molar-refractivity contribution in [2.24, 2.45) is 5.92 Å². The first kappa shape index (κ1) is 28.6. The van der Waals surface area contributed by atoms with Gasteiger partial charge in [-0.05, 0) is 33.4 Å². The van der Waals surface area contributed by atoms with Crippen LogP contribution in [0, 0.1) is 5.92 Å². The number of unbranched alkanes of at least 4 members (excludes halogenated alkanes) is 11. The Morgan fingerprint density at radius 2 is 1.15 bits per heavy atom. The summed E-state index contributed by atoms with van der Waals surface area (Å²) in [5, 5.41) is 3.08. The molecule has 0 aliphatic carbocycles. The zero-order valence-corrected chi connectivity index (χ0v) is 18.6. The van der Waals surface area contributed by atoms with E-state index >= 15 is 0 Å². The van der Waals surface area contributed by atoms with E-state index in [1.165, 1.54) is 77.0 Å². The molecule has 0 aromatic rings. The second kappa shape index (κ2) is 20.2. The van der Waals surface area contributed by atoms with E-state index in [4.69, 9.17) is 0 Å². The van der Waals surface area contributed by atoms with Crippen molar-refractivity contribution in [2.45, 2.75) is 124 Å². The van der Waals surface area contributed by atoms with Gasteiger partial charge in [-0.3, -0.25) is 4.79 Å². The molecule has 3 heteroatoms. The summed E-state index contributed by atoms with van der Waals surface area (Å²) in [4.78, 5) is 13.9. The van der Waals surface area contributed by atoms with Crippen molar-refractivity contribution < 1.29 is 4.79 Å². The fourth-order valence-corrected chi connectivity index (χ4v) is 3.55. The third kappa shape index (κ3) is 23.4. The Morgan fingerprint density at radius 1 is 0.741 bits per heavy atom. The number of amides is 1. The van der Waals surface area contributed by atoms with E-state index in [2.05, 4.69) is 31.0 Å². The largest absolute Gasteiger partial charge is 0.352 e. The first-order valence-corrected chi connectivity index (χ1v) is 11.4. The molecular weight excluding hydrogens is 332 g/mol. The highest BCUT2D eigenvalue weighted by Crippen LogP contribution is 2.14. The maximum Gasteiger partial charge on any atom is 0.220 e. The molecule has 0 aromatic heterocycles. The van der Waals surface area contributed by atoms with Crippen LogP contribution in [0.1, 0.15) is 118 Å². The number of hydrogen-bond acceptors (Lipinski definition) is 2. The van der Waals surface area contributed by atoms with Crippen LogP contribution in [-0.4, -0.2) is 37.5 Å². The molecule has 27 heavy (non-hydrogen) atoms. The minimum absolute atomic E-state index is 0. The Balaban J connectivity index is 0. The number of carbonyl (C=O) groups is 1. The Labute approximate surface area is 172 Å².